The SMILES string of the molecule is CC(C)(C)NC(=O)CCNCCCF. The first-order chi connectivity index (χ1) is 6.45. The molecule has 4 heteroatoms. The van der Waals surface area contributed by atoms with Crippen LogP contribution in [0.15, 0.2) is 0 Å². The number of carbonyl (C=O) groups is 1. The van der Waals surface area contributed by atoms with Gasteiger partial charge < -0.3 is 10.6 Å². The smallest absolute Gasteiger partial charge is 0.221 e. The highest BCUT2D eigenvalue weighted by Gasteiger charge is 2.12. The summed E-state index contributed by atoms with van der Waals surface area (Å²) in [7, 11) is 0. The first-order valence-corrected chi connectivity index (χ1v) is 5.03. The molecule has 0 unspecified atom stereocenters. The summed E-state index contributed by atoms with van der Waals surface area (Å²) in [5.41, 5.74) is -0.171. The van der Waals surface area contributed by atoms with Gasteiger partial charge in [0.15, 0.2) is 0 Å². The summed E-state index contributed by atoms with van der Waals surface area (Å²) in [6.45, 7) is 6.78. The summed E-state index contributed by atoms with van der Waals surface area (Å²) in [5.74, 6) is 0.0326. The number of rotatable bonds is 6. The number of nitrogens with one attached hydrogen (secondary N) is 2. The maximum atomic E-state index is 11.7. The molecular weight excluding hydrogens is 183 g/mol. The highest BCUT2D eigenvalue weighted by molar-refractivity contribution is 5.76. The molecule has 0 saturated heterocycles. The van der Waals surface area contributed by atoms with Crippen molar-refractivity contribution in [2.75, 3.05) is 19.8 Å². The van der Waals surface area contributed by atoms with Crippen molar-refractivity contribution in [3.63, 3.8) is 0 Å². The lowest BCUT2D eigenvalue weighted by atomic mass is 10.1. The first kappa shape index (κ1) is 13.4. The van der Waals surface area contributed by atoms with E-state index in [1.54, 1.807) is 0 Å². The van der Waals surface area contributed by atoms with Gasteiger partial charge in [-0.1, -0.05) is 0 Å². The van der Waals surface area contributed by atoms with E-state index in [4.69, 9.17) is 0 Å². The second-order valence-corrected chi connectivity index (χ2v) is 4.34. The van der Waals surface area contributed by atoms with E-state index in [-0.39, 0.29) is 18.1 Å². The minimum atomic E-state index is -0.304. The zero-order valence-corrected chi connectivity index (χ0v) is 9.32. The van der Waals surface area contributed by atoms with Crippen molar-refractivity contribution in [1.29, 1.82) is 0 Å². The van der Waals surface area contributed by atoms with E-state index in [9.17, 15) is 9.18 Å². The van der Waals surface area contributed by atoms with Crippen LogP contribution in [0.25, 0.3) is 0 Å². The van der Waals surface area contributed by atoms with Crippen molar-refractivity contribution in [2.45, 2.75) is 39.2 Å². The lowest BCUT2D eigenvalue weighted by Gasteiger charge is -2.20. The zero-order chi connectivity index (χ0) is 11.0. The van der Waals surface area contributed by atoms with Crippen molar-refractivity contribution in [3.8, 4) is 0 Å². The molecule has 14 heavy (non-hydrogen) atoms. The Morgan fingerprint density at radius 2 is 1.93 bits per heavy atom. The van der Waals surface area contributed by atoms with Gasteiger partial charge in [0.25, 0.3) is 0 Å². The second-order valence-electron chi connectivity index (χ2n) is 4.34. The third-order valence-corrected chi connectivity index (χ3v) is 1.53. The van der Waals surface area contributed by atoms with Crippen LogP contribution in [-0.4, -0.2) is 31.2 Å². The summed E-state index contributed by atoms with van der Waals surface area (Å²) in [5, 5.41) is 5.86. The molecule has 0 aromatic rings. The van der Waals surface area contributed by atoms with Gasteiger partial charge in [-0.25, -0.2) is 0 Å². The molecule has 0 aliphatic heterocycles. The Kier molecular flexibility index (Phi) is 6.45. The first-order valence-electron chi connectivity index (χ1n) is 5.03. The van der Waals surface area contributed by atoms with Crippen LogP contribution >= 0.6 is 0 Å². The standard InChI is InChI=1S/C10H21FN2O/c1-10(2,3)13-9(14)5-8-12-7-4-6-11/h12H,4-8H2,1-3H3,(H,13,14). The van der Waals surface area contributed by atoms with Gasteiger partial charge in [-0.15, -0.1) is 0 Å². The van der Waals surface area contributed by atoms with Gasteiger partial charge in [-0.05, 0) is 33.7 Å². The number of hydrogen-bond donors (Lipinski definition) is 2. The Hall–Kier alpha value is -0.640. The Bertz CT molecular complexity index is 166. The Labute approximate surface area is 85.5 Å². The number of amides is 1. The molecule has 0 saturated carbocycles. The maximum Gasteiger partial charge on any atom is 0.221 e. The Morgan fingerprint density at radius 3 is 2.43 bits per heavy atom. The predicted molar refractivity (Wildman–Crippen MR) is 56.0 cm³/mol. The molecule has 0 rings (SSSR count). The molecule has 0 fully saturated rings. The fourth-order valence-electron chi connectivity index (χ4n) is 0.999. The molecule has 1 amide bonds. The van der Waals surface area contributed by atoms with Gasteiger partial charge in [-0.3, -0.25) is 9.18 Å². The third-order valence-electron chi connectivity index (χ3n) is 1.53. The average molecular weight is 204 g/mol. The van der Waals surface area contributed by atoms with Crippen LogP contribution < -0.4 is 10.6 Å². The molecule has 0 bridgehead atoms. The van der Waals surface area contributed by atoms with Gasteiger partial charge in [0, 0.05) is 18.5 Å². The van der Waals surface area contributed by atoms with Gasteiger partial charge >= 0.3 is 0 Å². The van der Waals surface area contributed by atoms with E-state index in [0.29, 0.717) is 25.9 Å². The predicted octanol–water partition coefficient (Wildman–Crippen LogP) is 1.24. The second kappa shape index (κ2) is 6.76. The van der Waals surface area contributed by atoms with E-state index in [1.807, 2.05) is 20.8 Å². The van der Waals surface area contributed by atoms with Crippen LogP contribution in [0.1, 0.15) is 33.6 Å². The van der Waals surface area contributed by atoms with Gasteiger partial charge in [0.05, 0.1) is 6.67 Å². The van der Waals surface area contributed by atoms with Gasteiger partial charge in [0.1, 0.15) is 0 Å². The Morgan fingerprint density at radius 1 is 1.29 bits per heavy atom. The summed E-state index contributed by atoms with van der Waals surface area (Å²) in [4.78, 5) is 11.3. The van der Waals surface area contributed by atoms with Crippen molar-refractivity contribution in [3.05, 3.63) is 0 Å². The van der Waals surface area contributed by atoms with E-state index < -0.39 is 0 Å². The molecule has 0 aliphatic carbocycles. The average Bonchev–Trinajstić information content (AvgIpc) is 2.00. The van der Waals surface area contributed by atoms with Crippen LogP contribution in [0, 0.1) is 0 Å². The number of halogens is 1. The summed E-state index contributed by atoms with van der Waals surface area (Å²) >= 11 is 0. The molecule has 84 valence electrons. The van der Waals surface area contributed by atoms with E-state index >= 15 is 0 Å². The minimum absolute atomic E-state index is 0.0326. The normalized spacial score (nSPS) is 11.4. The van der Waals surface area contributed by atoms with E-state index in [2.05, 4.69) is 10.6 Å². The quantitative estimate of drug-likeness (QED) is 0.639. The van der Waals surface area contributed by atoms with Crippen LogP contribution in [0.5, 0.6) is 0 Å². The van der Waals surface area contributed by atoms with Crippen molar-refractivity contribution < 1.29 is 9.18 Å². The minimum Gasteiger partial charge on any atom is -0.351 e. The lowest BCUT2D eigenvalue weighted by Crippen LogP contribution is -2.41. The molecule has 0 aromatic carbocycles. The Balaban J connectivity index is 3.36. The molecule has 0 aliphatic rings. The van der Waals surface area contributed by atoms with Crippen molar-refractivity contribution in [2.24, 2.45) is 0 Å². The fraction of sp³-hybridized carbons (Fsp3) is 0.900. The summed E-state index contributed by atoms with van der Waals surface area (Å²) in [6, 6.07) is 0. The van der Waals surface area contributed by atoms with Crippen LogP contribution in [0.4, 0.5) is 4.39 Å². The highest BCUT2D eigenvalue weighted by atomic mass is 19.1. The third kappa shape index (κ3) is 9.45. The summed E-state index contributed by atoms with van der Waals surface area (Å²) in [6.07, 6.45) is 0.963. The fourth-order valence-corrected chi connectivity index (χ4v) is 0.999. The van der Waals surface area contributed by atoms with Crippen LogP contribution in [0.2, 0.25) is 0 Å². The monoisotopic (exact) mass is 204 g/mol. The highest BCUT2D eigenvalue weighted by Crippen LogP contribution is 1.98. The van der Waals surface area contributed by atoms with Crippen molar-refractivity contribution in [1.82, 2.24) is 10.6 Å². The largest absolute Gasteiger partial charge is 0.351 e. The summed E-state index contributed by atoms with van der Waals surface area (Å²) < 4.78 is 11.7. The molecule has 0 aromatic heterocycles. The molecule has 0 heterocycles. The molecular formula is C10H21FN2O. The number of alkyl halides is 1. The van der Waals surface area contributed by atoms with Crippen molar-refractivity contribution >= 4 is 5.91 Å². The molecule has 3 nitrogen and oxygen atoms in total. The molecule has 0 radical (unpaired) electrons. The lowest BCUT2D eigenvalue weighted by molar-refractivity contribution is -0.122. The van der Waals surface area contributed by atoms with E-state index in [1.165, 1.54) is 0 Å². The molecule has 0 spiro atoms. The van der Waals surface area contributed by atoms with Gasteiger partial charge in [-0.2, -0.15) is 0 Å². The van der Waals surface area contributed by atoms with Gasteiger partial charge in [0.2, 0.25) is 5.91 Å². The molecule has 0 atom stereocenters. The maximum absolute atomic E-state index is 11.7. The van der Waals surface area contributed by atoms with Crippen LogP contribution in [0.3, 0.4) is 0 Å². The number of hydrogen-bond acceptors (Lipinski definition) is 2. The van der Waals surface area contributed by atoms with E-state index in [0.717, 1.165) is 0 Å². The topological polar surface area (TPSA) is 41.1 Å². The van der Waals surface area contributed by atoms with Crippen LogP contribution in [-0.2, 0) is 4.79 Å². The molecule has 2 N–H and O–H groups in total. The number of carbonyl (C=O) groups excluding carboxylic acids is 1. The zero-order valence-electron chi connectivity index (χ0n) is 9.32.